The Morgan fingerprint density at radius 1 is 1.47 bits per heavy atom. The summed E-state index contributed by atoms with van der Waals surface area (Å²) in [6.45, 7) is 6.61. The maximum absolute atomic E-state index is 11.6. The number of methoxy groups -OCH3 is 1. The summed E-state index contributed by atoms with van der Waals surface area (Å²) in [5.74, 6) is 0.638. The topological polar surface area (TPSA) is 73.2 Å². The second-order valence-electron chi connectivity index (χ2n) is 4.84. The molecule has 110 valence electrons. The summed E-state index contributed by atoms with van der Waals surface area (Å²) in [6.07, 6.45) is 2.86. The summed E-state index contributed by atoms with van der Waals surface area (Å²) in [5, 5.41) is 7.47. The lowest BCUT2D eigenvalue weighted by molar-refractivity contribution is 0.390. The minimum absolute atomic E-state index is 0.0234. The van der Waals surface area contributed by atoms with E-state index in [1.807, 2.05) is 20.8 Å². The van der Waals surface area contributed by atoms with Crippen LogP contribution >= 0.6 is 0 Å². The number of sulfone groups is 1. The van der Waals surface area contributed by atoms with Gasteiger partial charge < -0.3 is 10.1 Å². The van der Waals surface area contributed by atoms with Gasteiger partial charge in [0.1, 0.15) is 9.84 Å². The highest BCUT2D eigenvalue weighted by atomic mass is 32.2. The summed E-state index contributed by atoms with van der Waals surface area (Å²) in [4.78, 5) is 0. The van der Waals surface area contributed by atoms with Crippen molar-refractivity contribution in [1.82, 2.24) is 15.1 Å². The van der Waals surface area contributed by atoms with E-state index in [0.717, 1.165) is 5.69 Å². The van der Waals surface area contributed by atoms with Gasteiger partial charge in [-0.05, 0) is 20.4 Å². The first-order valence-corrected chi connectivity index (χ1v) is 8.38. The number of ether oxygens (including phenoxy) is 1. The average Bonchev–Trinajstić information content (AvgIpc) is 2.70. The van der Waals surface area contributed by atoms with Crippen molar-refractivity contribution in [2.45, 2.75) is 32.9 Å². The van der Waals surface area contributed by atoms with Gasteiger partial charge in [0.2, 0.25) is 0 Å². The Labute approximate surface area is 115 Å². The van der Waals surface area contributed by atoms with E-state index in [-0.39, 0.29) is 17.8 Å². The molecule has 7 heteroatoms. The SMILES string of the molecule is CCNC(CS(C)(=O)=O)c1c(OC)cnn1C(C)C. The molecule has 0 radical (unpaired) electrons. The summed E-state index contributed by atoms with van der Waals surface area (Å²) >= 11 is 0. The fourth-order valence-corrected chi connectivity index (χ4v) is 2.92. The lowest BCUT2D eigenvalue weighted by Crippen LogP contribution is -2.30. The van der Waals surface area contributed by atoms with Crippen LogP contribution in [0.25, 0.3) is 0 Å². The minimum Gasteiger partial charge on any atom is -0.493 e. The zero-order valence-electron chi connectivity index (χ0n) is 12.2. The van der Waals surface area contributed by atoms with E-state index < -0.39 is 9.84 Å². The van der Waals surface area contributed by atoms with Crippen LogP contribution < -0.4 is 10.1 Å². The third-order valence-electron chi connectivity index (χ3n) is 2.76. The molecule has 1 unspecified atom stereocenters. The molecule has 0 saturated heterocycles. The van der Waals surface area contributed by atoms with E-state index in [0.29, 0.717) is 12.3 Å². The highest BCUT2D eigenvalue weighted by molar-refractivity contribution is 7.90. The van der Waals surface area contributed by atoms with E-state index in [4.69, 9.17) is 4.74 Å². The van der Waals surface area contributed by atoms with Crippen LogP contribution in [0.3, 0.4) is 0 Å². The molecule has 1 heterocycles. The highest BCUT2D eigenvalue weighted by Crippen LogP contribution is 2.28. The predicted octanol–water partition coefficient (Wildman–Crippen LogP) is 1.17. The Kier molecular flexibility index (Phi) is 5.37. The van der Waals surface area contributed by atoms with Gasteiger partial charge in [0.05, 0.1) is 30.8 Å². The largest absolute Gasteiger partial charge is 0.493 e. The second kappa shape index (κ2) is 6.38. The molecule has 0 amide bonds. The molecular weight excluding hydrogens is 266 g/mol. The van der Waals surface area contributed by atoms with E-state index in [1.54, 1.807) is 18.0 Å². The molecule has 0 spiro atoms. The number of aromatic nitrogens is 2. The number of nitrogens with zero attached hydrogens (tertiary/aromatic N) is 2. The lowest BCUT2D eigenvalue weighted by atomic mass is 10.2. The quantitative estimate of drug-likeness (QED) is 0.815. The average molecular weight is 289 g/mol. The predicted molar refractivity (Wildman–Crippen MR) is 75.3 cm³/mol. The molecule has 1 atom stereocenters. The molecule has 19 heavy (non-hydrogen) atoms. The first-order chi connectivity index (χ1) is 8.80. The maximum Gasteiger partial charge on any atom is 0.161 e. The number of hydrogen-bond acceptors (Lipinski definition) is 5. The minimum atomic E-state index is -3.10. The third kappa shape index (κ3) is 4.21. The third-order valence-corrected chi connectivity index (χ3v) is 3.70. The molecule has 6 nitrogen and oxygen atoms in total. The van der Waals surface area contributed by atoms with Gasteiger partial charge >= 0.3 is 0 Å². The van der Waals surface area contributed by atoms with Crippen molar-refractivity contribution in [1.29, 1.82) is 0 Å². The van der Waals surface area contributed by atoms with Gasteiger partial charge in [0.15, 0.2) is 5.75 Å². The van der Waals surface area contributed by atoms with Crippen molar-refractivity contribution in [3.63, 3.8) is 0 Å². The number of nitrogens with one attached hydrogen (secondary N) is 1. The molecule has 1 aromatic rings. The summed E-state index contributed by atoms with van der Waals surface area (Å²) in [6, 6.07) is -0.181. The van der Waals surface area contributed by atoms with Gasteiger partial charge in [-0.25, -0.2) is 8.42 Å². The summed E-state index contributed by atoms with van der Waals surface area (Å²) in [7, 11) is -1.53. The number of rotatable bonds is 7. The van der Waals surface area contributed by atoms with Crippen LogP contribution in [0.15, 0.2) is 6.20 Å². The van der Waals surface area contributed by atoms with Gasteiger partial charge in [-0.2, -0.15) is 5.10 Å². The van der Waals surface area contributed by atoms with Crippen molar-refractivity contribution >= 4 is 9.84 Å². The van der Waals surface area contributed by atoms with Gasteiger partial charge in [-0.15, -0.1) is 0 Å². The van der Waals surface area contributed by atoms with Gasteiger partial charge in [-0.1, -0.05) is 6.92 Å². The molecular formula is C12H23N3O3S. The molecule has 1 N–H and O–H groups in total. The fraction of sp³-hybridized carbons (Fsp3) is 0.750. The molecule has 1 rings (SSSR count). The second-order valence-corrected chi connectivity index (χ2v) is 7.02. The molecule has 0 bridgehead atoms. The van der Waals surface area contributed by atoms with E-state index >= 15 is 0 Å². The Hall–Kier alpha value is -1.08. The van der Waals surface area contributed by atoms with E-state index in [1.165, 1.54) is 6.26 Å². The van der Waals surface area contributed by atoms with Crippen LogP contribution in [0.5, 0.6) is 5.75 Å². The Morgan fingerprint density at radius 3 is 2.53 bits per heavy atom. The monoisotopic (exact) mass is 289 g/mol. The van der Waals surface area contributed by atoms with Crippen molar-refractivity contribution in [3.8, 4) is 5.75 Å². The zero-order chi connectivity index (χ0) is 14.6. The van der Waals surface area contributed by atoms with Crippen LogP contribution in [0.1, 0.15) is 38.5 Å². The standard InChI is InChI=1S/C12H23N3O3S/c1-6-13-10(8-19(5,16)17)12-11(18-4)7-14-15(12)9(2)3/h7,9-10,13H,6,8H2,1-5H3. The Bertz CT molecular complexity index is 508. The van der Waals surface area contributed by atoms with E-state index in [2.05, 4.69) is 10.4 Å². The highest BCUT2D eigenvalue weighted by Gasteiger charge is 2.25. The van der Waals surface area contributed by atoms with Gasteiger partial charge in [0.25, 0.3) is 0 Å². The molecule has 0 aliphatic heterocycles. The van der Waals surface area contributed by atoms with Gasteiger partial charge in [0, 0.05) is 12.3 Å². The molecule has 0 fully saturated rings. The Morgan fingerprint density at radius 2 is 2.11 bits per heavy atom. The first-order valence-electron chi connectivity index (χ1n) is 6.32. The fourth-order valence-electron chi connectivity index (χ4n) is 2.04. The first kappa shape index (κ1) is 16.0. The zero-order valence-corrected chi connectivity index (χ0v) is 13.0. The number of hydrogen-bond donors (Lipinski definition) is 1. The molecule has 0 aliphatic carbocycles. The maximum atomic E-state index is 11.6. The molecule has 0 aromatic carbocycles. The molecule has 0 aliphatic rings. The van der Waals surface area contributed by atoms with Crippen LogP contribution in [0.2, 0.25) is 0 Å². The van der Waals surface area contributed by atoms with Crippen molar-refractivity contribution < 1.29 is 13.2 Å². The summed E-state index contributed by atoms with van der Waals surface area (Å²) < 4.78 is 30.3. The van der Waals surface area contributed by atoms with E-state index in [9.17, 15) is 8.42 Å². The van der Waals surface area contributed by atoms with Crippen molar-refractivity contribution in [3.05, 3.63) is 11.9 Å². The van der Waals surface area contributed by atoms with Crippen LogP contribution in [-0.4, -0.2) is 43.9 Å². The van der Waals surface area contributed by atoms with Crippen molar-refractivity contribution in [2.75, 3.05) is 25.7 Å². The van der Waals surface area contributed by atoms with Crippen molar-refractivity contribution in [2.24, 2.45) is 0 Å². The summed E-state index contributed by atoms with van der Waals surface area (Å²) in [5.41, 5.74) is 0.782. The normalized spacial score (nSPS) is 13.8. The lowest BCUT2D eigenvalue weighted by Gasteiger charge is -2.21. The van der Waals surface area contributed by atoms with Crippen LogP contribution in [0, 0.1) is 0 Å². The molecule has 1 aromatic heterocycles. The molecule has 0 saturated carbocycles. The van der Waals surface area contributed by atoms with Gasteiger partial charge in [-0.3, -0.25) is 4.68 Å². The van der Waals surface area contributed by atoms with Crippen LogP contribution in [0.4, 0.5) is 0 Å². The van der Waals surface area contributed by atoms with Crippen LogP contribution in [-0.2, 0) is 9.84 Å². The Balaban J connectivity index is 3.23. The smallest absolute Gasteiger partial charge is 0.161 e.